The summed E-state index contributed by atoms with van der Waals surface area (Å²) in [4.78, 5) is 0. The van der Waals surface area contributed by atoms with Gasteiger partial charge in [-0.25, -0.2) is 0 Å². The van der Waals surface area contributed by atoms with Gasteiger partial charge in [-0.3, -0.25) is 0 Å². The van der Waals surface area contributed by atoms with E-state index in [0.29, 0.717) is 0 Å². The van der Waals surface area contributed by atoms with Crippen LogP contribution in [0.1, 0.15) is 11.1 Å². The lowest BCUT2D eigenvalue weighted by atomic mass is 10.0. The van der Waals surface area contributed by atoms with Crippen LogP contribution < -0.4 is 0 Å². The van der Waals surface area contributed by atoms with Crippen LogP contribution in [0.5, 0.6) is 0 Å². The molecule has 0 radical (unpaired) electrons. The van der Waals surface area contributed by atoms with Crippen molar-refractivity contribution in [2.75, 3.05) is 7.11 Å². The maximum Gasteiger partial charge on any atom is 0.156 e. The van der Waals surface area contributed by atoms with Crippen LogP contribution in [-0.4, -0.2) is 7.11 Å². The molecule has 0 spiro atoms. The molecule has 0 saturated carbocycles. The first-order chi connectivity index (χ1) is 7.81. The Hall–Kier alpha value is -1.31. The van der Waals surface area contributed by atoms with E-state index >= 15 is 0 Å². The maximum absolute atomic E-state index is 5.97. The monoisotopic (exact) mass is 232 g/mol. The number of methoxy groups -OCH3 is 1. The van der Waals surface area contributed by atoms with Crippen LogP contribution in [0.2, 0.25) is 0 Å². The van der Waals surface area contributed by atoms with Gasteiger partial charge in [0.1, 0.15) is 0 Å². The van der Waals surface area contributed by atoms with E-state index in [1.165, 1.54) is 11.1 Å². The topological polar surface area (TPSA) is 9.23 Å². The van der Waals surface area contributed by atoms with E-state index in [-0.39, 0.29) is 5.56 Å². The molecule has 0 fully saturated rings. The number of alkyl halides is 1. The van der Waals surface area contributed by atoms with Crippen molar-refractivity contribution >= 4 is 11.6 Å². The highest BCUT2D eigenvalue weighted by Crippen LogP contribution is 2.24. The number of halogens is 1. The average Bonchev–Trinajstić information content (AvgIpc) is 2.39. The third-order valence-electron chi connectivity index (χ3n) is 2.49. The lowest BCUT2D eigenvalue weighted by Gasteiger charge is -2.08. The number of hydrogen-bond donors (Lipinski definition) is 0. The molecule has 0 saturated heterocycles. The van der Waals surface area contributed by atoms with E-state index in [0.717, 1.165) is 5.56 Å². The Morgan fingerprint density at radius 1 is 0.875 bits per heavy atom. The minimum atomic E-state index is -0.371. The normalized spacial score (nSPS) is 12.4. The Kier molecular flexibility index (Phi) is 3.60. The molecule has 2 rings (SSSR count). The minimum Gasteiger partial charge on any atom is -0.361 e. The number of ether oxygens (including phenoxy) is 1. The molecular formula is C14H13ClO. The number of hydrogen-bond acceptors (Lipinski definition) is 1. The van der Waals surface area contributed by atoms with Crippen molar-refractivity contribution in [2.24, 2.45) is 0 Å². The van der Waals surface area contributed by atoms with Crippen molar-refractivity contribution in [2.45, 2.75) is 5.56 Å². The molecule has 2 aromatic rings. The summed E-state index contributed by atoms with van der Waals surface area (Å²) in [5.41, 5.74) is 3.00. The van der Waals surface area contributed by atoms with Gasteiger partial charge < -0.3 is 4.74 Å². The zero-order valence-corrected chi connectivity index (χ0v) is 9.82. The Morgan fingerprint density at radius 3 is 2.00 bits per heavy atom. The van der Waals surface area contributed by atoms with Crippen molar-refractivity contribution in [1.29, 1.82) is 0 Å². The zero-order chi connectivity index (χ0) is 11.4. The van der Waals surface area contributed by atoms with Crippen molar-refractivity contribution < 1.29 is 4.74 Å². The first-order valence-corrected chi connectivity index (χ1v) is 5.57. The Labute approximate surface area is 101 Å². The first kappa shape index (κ1) is 11.2. The number of benzene rings is 2. The lowest BCUT2D eigenvalue weighted by Crippen LogP contribution is -1.92. The van der Waals surface area contributed by atoms with Crippen LogP contribution in [0.15, 0.2) is 54.6 Å². The summed E-state index contributed by atoms with van der Waals surface area (Å²) in [7, 11) is 1.60. The smallest absolute Gasteiger partial charge is 0.156 e. The molecule has 1 unspecified atom stereocenters. The van der Waals surface area contributed by atoms with Gasteiger partial charge in [0.15, 0.2) is 5.56 Å². The van der Waals surface area contributed by atoms with E-state index in [1.807, 2.05) is 30.3 Å². The lowest BCUT2D eigenvalue weighted by molar-refractivity contribution is 0.170. The van der Waals surface area contributed by atoms with Gasteiger partial charge in [0, 0.05) is 7.11 Å². The molecule has 0 aliphatic rings. The molecule has 1 atom stereocenters. The van der Waals surface area contributed by atoms with Crippen molar-refractivity contribution in [1.82, 2.24) is 0 Å². The molecule has 0 aliphatic heterocycles. The molecule has 2 heteroatoms. The van der Waals surface area contributed by atoms with Gasteiger partial charge >= 0.3 is 0 Å². The Bertz CT molecular complexity index is 436. The van der Waals surface area contributed by atoms with Crippen LogP contribution in [0.3, 0.4) is 0 Å². The van der Waals surface area contributed by atoms with Gasteiger partial charge in [0.25, 0.3) is 0 Å². The molecule has 1 nitrogen and oxygen atoms in total. The van der Waals surface area contributed by atoms with Gasteiger partial charge in [0.05, 0.1) is 0 Å². The van der Waals surface area contributed by atoms with E-state index in [9.17, 15) is 0 Å². The molecule has 82 valence electrons. The summed E-state index contributed by atoms with van der Waals surface area (Å²) >= 11 is 5.97. The molecule has 0 N–H and O–H groups in total. The van der Waals surface area contributed by atoms with Crippen LogP contribution >= 0.6 is 11.6 Å². The summed E-state index contributed by atoms with van der Waals surface area (Å²) < 4.78 is 5.05. The summed E-state index contributed by atoms with van der Waals surface area (Å²) in [6.45, 7) is 0. The van der Waals surface area contributed by atoms with E-state index in [2.05, 4.69) is 24.3 Å². The van der Waals surface area contributed by atoms with Gasteiger partial charge in [-0.05, 0) is 16.7 Å². The van der Waals surface area contributed by atoms with Gasteiger partial charge in [-0.15, -0.1) is 0 Å². The second-order valence-electron chi connectivity index (χ2n) is 3.54. The molecule has 0 heterocycles. The predicted molar refractivity (Wildman–Crippen MR) is 67.5 cm³/mol. The number of rotatable bonds is 3. The Morgan fingerprint density at radius 2 is 1.44 bits per heavy atom. The van der Waals surface area contributed by atoms with Crippen molar-refractivity contribution in [3.63, 3.8) is 0 Å². The van der Waals surface area contributed by atoms with Gasteiger partial charge in [-0.2, -0.15) is 0 Å². The molecular weight excluding hydrogens is 220 g/mol. The van der Waals surface area contributed by atoms with Crippen LogP contribution in [0.4, 0.5) is 0 Å². The van der Waals surface area contributed by atoms with Crippen LogP contribution in [0.25, 0.3) is 11.1 Å². The quantitative estimate of drug-likeness (QED) is 0.720. The molecule has 0 aliphatic carbocycles. The first-order valence-electron chi connectivity index (χ1n) is 5.13. The van der Waals surface area contributed by atoms with Gasteiger partial charge in [-0.1, -0.05) is 66.2 Å². The van der Waals surface area contributed by atoms with E-state index in [4.69, 9.17) is 16.3 Å². The molecule has 16 heavy (non-hydrogen) atoms. The Balaban J connectivity index is 2.26. The second-order valence-corrected chi connectivity index (χ2v) is 3.94. The second kappa shape index (κ2) is 5.15. The maximum atomic E-state index is 5.97. The molecule has 0 bridgehead atoms. The fourth-order valence-corrected chi connectivity index (χ4v) is 1.74. The summed E-state index contributed by atoms with van der Waals surface area (Å²) in [5, 5.41) is 0. The summed E-state index contributed by atoms with van der Waals surface area (Å²) in [6.07, 6.45) is 0. The minimum absolute atomic E-state index is 0.371. The van der Waals surface area contributed by atoms with Crippen molar-refractivity contribution in [3.05, 3.63) is 60.2 Å². The fraction of sp³-hybridized carbons (Fsp3) is 0.143. The fourth-order valence-electron chi connectivity index (χ4n) is 1.59. The molecule has 0 amide bonds. The van der Waals surface area contributed by atoms with E-state index < -0.39 is 0 Å². The summed E-state index contributed by atoms with van der Waals surface area (Å²) in [5.74, 6) is 0. The molecule has 0 aromatic heterocycles. The highest BCUT2D eigenvalue weighted by Gasteiger charge is 2.05. The standard InChI is InChI=1S/C14H13ClO/c1-16-14(15)13-9-7-12(8-10-13)11-5-3-2-4-6-11/h2-10,14H,1H3. The van der Waals surface area contributed by atoms with Crippen molar-refractivity contribution in [3.8, 4) is 11.1 Å². The average molecular weight is 233 g/mol. The highest BCUT2D eigenvalue weighted by atomic mass is 35.5. The third-order valence-corrected chi connectivity index (χ3v) is 2.92. The zero-order valence-electron chi connectivity index (χ0n) is 9.06. The SMILES string of the molecule is COC(Cl)c1ccc(-c2ccccc2)cc1. The summed E-state index contributed by atoms with van der Waals surface area (Å²) in [6, 6.07) is 18.3. The largest absolute Gasteiger partial charge is 0.361 e. The van der Waals surface area contributed by atoms with Gasteiger partial charge in [0.2, 0.25) is 0 Å². The van der Waals surface area contributed by atoms with E-state index in [1.54, 1.807) is 7.11 Å². The molecule has 2 aromatic carbocycles. The highest BCUT2D eigenvalue weighted by molar-refractivity contribution is 6.19. The van der Waals surface area contributed by atoms with Crippen LogP contribution in [0, 0.1) is 0 Å². The third kappa shape index (κ3) is 2.43. The van der Waals surface area contributed by atoms with Crippen LogP contribution in [-0.2, 0) is 4.74 Å². The predicted octanol–water partition coefficient (Wildman–Crippen LogP) is 4.24.